The Morgan fingerprint density at radius 2 is 1.82 bits per heavy atom. The van der Waals surface area contributed by atoms with Gasteiger partial charge in [-0.15, -0.1) is 0 Å². The zero-order valence-electron chi connectivity index (χ0n) is 11.3. The molecular weight excluding hydrogens is 288 g/mol. The fourth-order valence-corrected chi connectivity index (χ4v) is 2.43. The van der Waals surface area contributed by atoms with Crippen molar-refractivity contribution >= 4 is 17.8 Å². The quantitative estimate of drug-likeness (QED) is 0.804. The molecule has 2 aliphatic rings. The number of benzene rings is 1. The highest BCUT2D eigenvalue weighted by atomic mass is 16.7. The second kappa shape index (κ2) is 4.52. The SMILES string of the molecule is O=C(ON1C(=O)c2ccccc2C1=O)c1conc1C1CC1. The van der Waals surface area contributed by atoms with Gasteiger partial charge in [0.15, 0.2) is 0 Å². The molecule has 1 saturated carbocycles. The predicted octanol–water partition coefficient (Wildman–Crippen LogP) is 1.92. The van der Waals surface area contributed by atoms with Crippen molar-refractivity contribution in [2.75, 3.05) is 0 Å². The minimum Gasteiger partial charge on any atom is -0.364 e. The molecule has 0 N–H and O–H groups in total. The maximum atomic E-state index is 12.2. The number of hydrogen-bond donors (Lipinski definition) is 0. The first-order chi connectivity index (χ1) is 10.7. The van der Waals surface area contributed by atoms with Crippen LogP contribution in [0.5, 0.6) is 0 Å². The lowest BCUT2D eigenvalue weighted by molar-refractivity contribution is -0.0585. The number of rotatable bonds is 3. The van der Waals surface area contributed by atoms with Crippen LogP contribution in [0.4, 0.5) is 0 Å². The van der Waals surface area contributed by atoms with Crippen molar-refractivity contribution in [3.63, 3.8) is 0 Å². The van der Waals surface area contributed by atoms with Gasteiger partial charge in [0, 0.05) is 5.92 Å². The minimum absolute atomic E-state index is 0.152. The zero-order valence-corrected chi connectivity index (χ0v) is 11.3. The third kappa shape index (κ3) is 1.82. The normalized spacial score (nSPS) is 16.8. The van der Waals surface area contributed by atoms with E-state index in [4.69, 9.17) is 9.36 Å². The smallest absolute Gasteiger partial charge is 0.364 e. The molecule has 1 aromatic heterocycles. The Hall–Kier alpha value is -2.96. The summed E-state index contributed by atoms with van der Waals surface area (Å²) in [6, 6.07) is 6.30. The number of hydroxylamine groups is 2. The standard InChI is InChI=1S/C15H10N2O5/c18-13-9-3-1-2-4-10(9)14(19)17(13)22-15(20)11-7-21-16-12(11)8-5-6-8/h1-4,7-8H,5-6H2. The molecule has 0 radical (unpaired) electrons. The molecule has 1 aromatic carbocycles. The summed E-state index contributed by atoms with van der Waals surface area (Å²) >= 11 is 0. The average molecular weight is 298 g/mol. The maximum Gasteiger partial charge on any atom is 0.369 e. The van der Waals surface area contributed by atoms with E-state index in [0.717, 1.165) is 12.8 Å². The largest absolute Gasteiger partial charge is 0.369 e. The molecule has 0 bridgehead atoms. The minimum atomic E-state index is -0.822. The van der Waals surface area contributed by atoms with Crippen LogP contribution < -0.4 is 0 Å². The summed E-state index contributed by atoms with van der Waals surface area (Å²) in [7, 11) is 0. The highest BCUT2D eigenvalue weighted by molar-refractivity contribution is 6.21. The van der Waals surface area contributed by atoms with Crippen LogP contribution in [0.3, 0.4) is 0 Å². The molecule has 2 heterocycles. The van der Waals surface area contributed by atoms with Crippen molar-refractivity contribution in [1.29, 1.82) is 0 Å². The van der Waals surface area contributed by atoms with Gasteiger partial charge in [0.2, 0.25) is 0 Å². The summed E-state index contributed by atoms with van der Waals surface area (Å²) in [6.45, 7) is 0. The second-order valence-corrected chi connectivity index (χ2v) is 5.22. The van der Waals surface area contributed by atoms with Gasteiger partial charge in [-0.2, -0.15) is 0 Å². The fourth-order valence-electron chi connectivity index (χ4n) is 2.43. The maximum absolute atomic E-state index is 12.2. The second-order valence-electron chi connectivity index (χ2n) is 5.22. The van der Waals surface area contributed by atoms with Crippen molar-refractivity contribution in [2.45, 2.75) is 18.8 Å². The van der Waals surface area contributed by atoms with Gasteiger partial charge in [0.1, 0.15) is 17.5 Å². The summed E-state index contributed by atoms with van der Waals surface area (Å²) in [5, 5.41) is 4.27. The summed E-state index contributed by atoms with van der Waals surface area (Å²) in [5.74, 6) is -1.95. The molecule has 2 amide bonds. The molecule has 1 aliphatic carbocycles. The Morgan fingerprint density at radius 1 is 1.18 bits per heavy atom. The van der Waals surface area contributed by atoms with Crippen molar-refractivity contribution in [1.82, 2.24) is 10.2 Å². The number of carbonyl (C=O) groups excluding carboxylic acids is 3. The Morgan fingerprint density at radius 3 is 2.41 bits per heavy atom. The molecule has 1 fully saturated rings. The Labute approximate surface area is 124 Å². The monoisotopic (exact) mass is 298 g/mol. The molecule has 0 saturated heterocycles. The van der Waals surface area contributed by atoms with Crippen LogP contribution in [0.2, 0.25) is 0 Å². The molecule has 110 valence electrons. The molecule has 0 atom stereocenters. The van der Waals surface area contributed by atoms with Gasteiger partial charge in [-0.1, -0.05) is 22.4 Å². The predicted molar refractivity (Wildman–Crippen MR) is 70.8 cm³/mol. The first kappa shape index (κ1) is 12.8. The van der Waals surface area contributed by atoms with Gasteiger partial charge >= 0.3 is 5.97 Å². The third-order valence-corrected chi connectivity index (χ3v) is 3.71. The van der Waals surface area contributed by atoms with Crippen LogP contribution in [-0.4, -0.2) is 28.0 Å². The Balaban J connectivity index is 1.59. The first-order valence-electron chi connectivity index (χ1n) is 6.81. The highest BCUT2D eigenvalue weighted by Gasteiger charge is 2.40. The van der Waals surface area contributed by atoms with E-state index < -0.39 is 17.8 Å². The van der Waals surface area contributed by atoms with Crippen LogP contribution in [0, 0.1) is 0 Å². The van der Waals surface area contributed by atoms with Gasteiger partial charge in [0.05, 0.1) is 11.1 Å². The van der Waals surface area contributed by atoms with E-state index >= 15 is 0 Å². The lowest BCUT2D eigenvalue weighted by Crippen LogP contribution is -2.32. The summed E-state index contributed by atoms with van der Waals surface area (Å²) in [6.07, 6.45) is 3.04. The van der Waals surface area contributed by atoms with E-state index in [1.54, 1.807) is 12.1 Å². The van der Waals surface area contributed by atoms with E-state index in [1.807, 2.05) is 0 Å². The number of nitrogens with zero attached hydrogens (tertiary/aromatic N) is 2. The van der Waals surface area contributed by atoms with Crippen LogP contribution in [0.25, 0.3) is 0 Å². The van der Waals surface area contributed by atoms with E-state index in [9.17, 15) is 14.4 Å². The number of carbonyl (C=O) groups is 3. The van der Waals surface area contributed by atoms with Crippen LogP contribution in [-0.2, 0) is 4.84 Å². The number of imide groups is 1. The molecular formula is C15H10N2O5. The van der Waals surface area contributed by atoms with Crippen LogP contribution in [0.1, 0.15) is 55.5 Å². The van der Waals surface area contributed by atoms with E-state index in [1.165, 1.54) is 18.4 Å². The molecule has 22 heavy (non-hydrogen) atoms. The first-order valence-corrected chi connectivity index (χ1v) is 6.81. The van der Waals surface area contributed by atoms with Gasteiger partial charge in [0.25, 0.3) is 11.8 Å². The molecule has 7 heteroatoms. The van der Waals surface area contributed by atoms with E-state index in [0.29, 0.717) is 10.8 Å². The number of amides is 2. The molecule has 7 nitrogen and oxygen atoms in total. The fraction of sp³-hybridized carbons (Fsp3) is 0.200. The van der Waals surface area contributed by atoms with Crippen molar-refractivity contribution < 1.29 is 23.7 Å². The number of fused-ring (bicyclic) bond motifs is 1. The van der Waals surface area contributed by atoms with Crippen molar-refractivity contribution in [3.05, 3.63) is 52.9 Å². The molecule has 0 unspecified atom stereocenters. The topological polar surface area (TPSA) is 89.7 Å². The van der Waals surface area contributed by atoms with Crippen molar-refractivity contribution in [2.24, 2.45) is 0 Å². The molecule has 0 spiro atoms. The van der Waals surface area contributed by atoms with Gasteiger partial charge in [-0.05, 0) is 25.0 Å². The van der Waals surface area contributed by atoms with Crippen LogP contribution >= 0.6 is 0 Å². The Bertz CT molecular complexity index is 771. The van der Waals surface area contributed by atoms with Gasteiger partial charge in [-0.3, -0.25) is 9.59 Å². The zero-order chi connectivity index (χ0) is 15.3. The lowest BCUT2D eigenvalue weighted by atomic mass is 10.1. The Kier molecular flexibility index (Phi) is 2.62. The average Bonchev–Trinajstić information content (AvgIpc) is 3.22. The summed E-state index contributed by atoms with van der Waals surface area (Å²) in [4.78, 5) is 41.4. The molecule has 4 rings (SSSR count). The highest BCUT2D eigenvalue weighted by Crippen LogP contribution is 2.41. The van der Waals surface area contributed by atoms with Gasteiger partial charge < -0.3 is 9.36 Å². The summed E-state index contributed by atoms with van der Waals surface area (Å²) < 4.78 is 4.81. The van der Waals surface area contributed by atoms with Crippen molar-refractivity contribution in [3.8, 4) is 0 Å². The number of hydrogen-bond acceptors (Lipinski definition) is 6. The van der Waals surface area contributed by atoms with E-state index in [2.05, 4.69) is 5.16 Å². The van der Waals surface area contributed by atoms with Gasteiger partial charge in [-0.25, -0.2) is 4.79 Å². The van der Waals surface area contributed by atoms with Crippen LogP contribution in [0.15, 0.2) is 35.1 Å². The molecule has 2 aromatic rings. The third-order valence-electron chi connectivity index (χ3n) is 3.71. The lowest BCUT2D eigenvalue weighted by Gasteiger charge is -2.12. The molecule has 1 aliphatic heterocycles. The van der Waals surface area contributed by atoms with E-state index in [-0.39, 0.29) is 22.6 Å². The number of aromatic nitrogens is 1. The summed E-state index contributed by atoms with van der Waals surface area (Å²) in [5.41, 5.74) is 1.10.